The smallest absolute Gasteiger partial charge is 0.239 e. The van der Waals surface area contributed by atoms with Crippen LogP contribution in [0.15, 0.2) is 58.2 Å². The summed E-state index contributed by atoms with van der Waals surface area (Å²) in [5.74, 6) is 4.24. The lowest BCUT2D eigenvalue weighted by atomic mass is 10.2. The molecule has 0 spiro atoms. The second kappa shape index (κ2) is 7.98. The molecule has 1 atom stereocenters. The van der Waals surface area contributed by atoms with E-state index in [0.717, 1.165) is 52.3 Å². The van der Waals surface area contributed by atoms with Crippen molar-refractivity contribution in [1.29, 1.82) is 0 Å². The third-order valence-electron chi connectivity index (χ3n) is 5.56. The van der Waals surface area contributed by atoms with Crippen molar-refractivity contribution in [3.8, 4) is 22.9 Å². The van der Waals surface area contributed by atoms with E-state index in [0.29, 0.717) is 18.4 Å². The Hall–Kier alpha value is -3.33. The second-order valence-corrected chi connectivity index (χ2v) is 9.28. The Morgan fingerprint density at radius 1 is 1.06 bits per heavy atom. The number of rotatable bonds is 7. The van der Waals surface area contributed by atoms with Crippen molar-refractivity contribution in [2.45, 2.75) is 42.6 Å². The Kier molecular flexibility index (Phi) is 4.83. The van der Waals surface area contributed by atoms with Gasteiger partial charge in [-0.2, -0.15) is 4.98 Å². The molecular formula is C23H21N5O3S. The van der Waals surface area contributed by atoms with Crippen LogP contribution in [-0.4, -0.2) is 31.7 Å². The van der Waals surface area contributed by atoms with Gasteiger partial charge in [0.2, 0.25) is 12.7 Å². The molecule has 0 amide bonds. The lowest BCUT2D eigenvalue weighted by molar-refractivity contribution is 0.174. The maximum atomic E-state index is 5.56. The molecule has 1 aliphatic carbocycles. The van der Waals surface area contributed by atoms with Crippen LogP contribution < -0.4 is 9.47 Å². The number of aromatic nitrogens is 5. The first-order valence-electron chi connectivity index (χ1n) is 10.6. The van der Waals surface area contributed by atoms with E-state index in [-0.39, 0.29) is 12.0 Å². The summed E-state index contributed by atoms with van der Waals surface area (Å²) in [5, 5.41) is 13.9. The molecule has 3 heterocycles. The zero-order chi connectivity index (χ0) is 21.5. The molecule has 4 aromatic rings. The first-order valence-corrected chi connectivity index (χ1v) is 11.5. The lowest BCUT2D eigenvalue weighted by Gasteiger charge is -2.12. The van der Waals surface area contributed by atoms with E-state index in [1.54, 1.807) is 11.8 Å². The number of hydrogen-bond donors (Lipinski definition) is 0. The third-order valence-corrected chi connectivity index (χ3v) is 6.62. The van der Waals surface area contributed by atoms with Crippen LogP contribution in [0.1, 0.15) is 48.2 Å². The second-order valence-electron chi connectivity index (χ2n) is 7.97. The minimum atomic E-state index is -0.0432. The van der Waals surface area contributed by atoms with Crippen LogP contribution in [0.3, 0.4) is 0 Å². The Bertz CT molecular complexity index is 1250. The Morgan fingerprint density at radius 3 is 2.75 bits per heavy atom. The molecule has 2 aliphatic rings. The van der Waals surface area contributed by atoms with E-state index < -0.39 is 0 Å². The number of benzene rings is 2. The molecule has 9 heteroatoms. The van der Waals surface area contributed by atoms with Gasteiger partial charge in [-0.05, 0) is 37.5 Å². The van der Waals surface area contributed by atoms with Crippen LogP contribution >= 0.6 is 11.8 Å². The summed E-state index contributed by atoms with van der Waals surface area (Å²) in [5.41, 5.74) is 2.09. The maximum absolute atomic E-state index is 5.56. The normalized spacial score (nSPS) is 15.8. The largest absolute Gasteiger partial charge is 0.454 e. The molecule has 0 N–H and O–H groups in total. The van der Waals surface area contributed by atoms with E-state index in [1.807, 2.05) is 48.5 Å². The fraction of sp³-hybridized carbons (Fsp3) is 0.304. The molecule has 1 fully saturated rings. The summed E-state index contributed by atoms with van der Waals surface area (Å²) in [4.78, 5) is 4.60. The molecule has 32 heavy (non-hydrogen) atoms. The predicted molar refractivity (Wildman–Crippen MR) is 118 cm³/mol. The molecule has 2 aromatic heterocycles. The minimum Gasteiger partial charge on any atom is -0.454 e. The summed E-state index contributed by atoms with van der Waals surface area (Å²) in [6, 6.07) is 16.1. The molecule has 6 rings (SSSR count). The molecule has 0 bridgehead atoms. The molecule has 2 aromatic carbocycles. The average Bonchev–Trinajstić information content (AvgIpc) is 3.21. The Labute approximate surface area is 189 Å². The molecule has 0 radical (unpaired) electrons. The highest BCUT2D eigenvalue weighted by molar-refractivity contribution is 7.99. The predicted octanol–water partition coefficient (Wildman–Crippen LogP) is 4.84. The number of thioether (sulfide) groups is 1. The van der Waals surface area contributed by atoms with Gasteiger partial charge in [-0.15, -0.1) is 10.2 Å². The van der Waals surface area contributed by atoms with Gasteiger partial charge < -0.3 is 14.0 Å². The van der Waals surface area contributed by atoms with Crippen molar-refractivity contribution in [2.24, 2.45) is 0 Å². The first-order chi connectivity index (χ1) is 15.7. The van der Waals surface area contributed by atoms with Gasteiger partial charge in [0.1, 0.15) is 0 Å². The van der Waals surface area contributed by atoms with Crippen LogP contribution in [-0.2, 0) is 6.54 Å². The number of nitrogens with zero attached hydrogens (tertiary/aromatic N) is 5. The zero-order valence-corrected chi connectivity index (χ0v) is 18.3. The van der Waals surface area contributed by atoms with Crippen molar-refractivity contribution in [2.75, 3.05) is 6.79 Å². The summed E-state index contributed by atoms with van der Waals surface area (Å²) >= 11 is 1.57. The van der Waals surface area contributed by atoms with Gasteiger partial charge in [-0.1, -0.05) is 53.3 Å². The quantitative estimate of drug-likeness (QED) is 0.372. The van der Waals surface area contributed by atoms with E-state index in [2.05, 4.69) is 31.8 Å². The summed E-state index contributed by atoms with van der Waals surface area (Å²) < 4.78 is 18.7. The highest BCUT2D eigenvalue weighted by Crippen LogP contribution is 2.41. The van der Waals surface area contributed by atoms with Gasteiger partial charge in [0.15, 0.2) is 28.3 Å². The topological polar surface area (TPSA) is 88.1 Å². The first kappa shape index (κ1) is 19.4. The monoisotopic (exact) mass is 447 g/mol. The van der Waals surface area contributed by atoms with Gasteiger partial charge in [0.05, 0.1) is 11.8 Å². The SMILES string of the molecule is CC(Sc1nnc(-c2ccccc2)n1Cc1ccc2c(c1)OCO2)c1nc(C2CC2)no1. The van der Waals surface area contributed by atoms with Gasteiger partial charge in [-0.25, -0.2) is 0 Å². The molecular weight excluding hydrogens is 426 g/mol. The summed E-state index contributed by atoms with van der Waals surface area (Å²) in [7, 11) is 0. The van der Waals surface area contributed by atoms with E-state index in [9.17, 15) is 0 Å². The highest BCUT2D eigenvalue weighted by Gasteiger charge is 2.30. The number of hydrogen-bond acceptors (Lipinski definition) is 8. The lowest BCUT2D eigenvalue weighted by Crippen LogP contribution is -2.05. The van der Waals surface area contributed by atoms with Crippen LogP contribution in [0.2, 0.25) is 0 Å². The molecule has 0 saturated heterocycles. The third kappa shape index (κ3) is 3.73. The van der Waals surface area contributed by atoms with Crippen LogP contribution in [0.5, 0.6) is 11.5 Å². The summed E-state index contributed by atoms with van der Waals surface area (Å²) in [6.45, 7) is 2.91. The molecule has 8 nitrogen and oxygen atoms in total. The molecule has 162 valence electrons. The average molecular weight is 448 g/mol. The van der Waals surface area contributed by atoms with Gasteiger partial charge in [0.25, 0.3) is 0 Å². The van der Waals surface area contributed by atoms with Gasteiger partial charge >= 0.3 is 0 Å². The van der Waals surface area contributed by atoms with Gasteiger partial charge in [0, 0.05) is 11.5 Å². The van der Waals surface area contributed by atoms with E-state index in [1.165, 1.54) is 0 Å². The fourth-order valence-corrected chi connectivity index (χ4v) is 4.55. The van der Waals surface area contributed by atoms with E-state index >= 15 is 0 Å². The van der Waals surface area contributed by atoms with Gasteiger partial charge in [-0.3, -0.25) is 4.57 Å². The molecule has 1 aliphatic heterocycles. The Balaban J connectivity index is 1.32. The molecule has 1 unspecified atom stereocenters. The van der Waals surface area contributed by atoms with Crippen LogP contribution in [0.4, 0.5) is 0 Å². The van der Waals surface area contributed by atoms with Crippen molar-refractivity contribution in [3.63, 3.8) is 0 Å². The summed E-state index contributed by atoms with van der Waals surface area (Å²) in [6.07, 6.45) is 2.29. The molecule has 1 saturated carbocycles. The minimum absolute atomic E-state index is 0.0432. The van der Waals surface area contributed by atoms with Crippen molar-refractivity contribution >= 4 is 11.8 Å². The standard InChI is InChI=1S/C23H21N5O3S/c1-14(22-24-20(27-31-22)16-8-9-16)32-23-26-25-21(17-5-3-2-4-6-17)28(23)12-15-7-10-18-19(11-15)30-13-29-18/h2-7,10-11,14,16H,8-9,12-13H2,1H3. The number of fused-ring (bicyclic) bond motifs is 1. The Morgan fingerprint density at radius 2 is 1.91 bits per heavy atom. The van der Waals surface area contributed by atoms with Crippen molar-refractivity contribution in [1.82, 2.24) is 24.9 Å². The number of ether oxygens (including phenoxy) is 2. The van der Waals surface area contributed by atoms with E-state index in [4.69, 9.17) is 14.0 Å². The van der Waals surface area contributed by atoms with Crippen molar-refractivity contribution in [3.05, 3.63) is 65.8 Å². The highest BCUT2D eigenvalue weighted by atomic mass is 32.2. The fourth-order valence-electron chi connectivity index (χ4n) is 3.67. The van der Waals surface area contributed by atoms with Crippen LogP contribution in [0.25, 0.3) is 11.4 Å². The maximum Gasteiger partial charge on any atom is 0.239 e. The van der Waals surface area contributed by atoms with Crippen LogP contribution in [0, 0.1) is 0 Å². The van der Waals surface area contributed by atoms with Crippen molar-refractivity contribution < 1.29 is 14.0 Å². The zero-order valence-electron chi connectivity index (χ0n) is 17.5.